The molecule has 0 aliphatic heterocycles. The number of amidine groups is 1. The summed E-state index contributed by atoms with van der Waals surface area (Å²) in [5.74, 6) is -3.87. The van der Waals surface area contributed by atoms with Gasteiger partial charge >= 0.3 is 6.18 Å². The van der Waals surface area contributed by atoms with Crippen molar-refractivity contribution in [2.45, 2.75) is 11.1 Å². The number of benzene rings is 1. The van der Waals surface area contributed by atoms with E-state index in [-0.39, 0.29) is 0 Å². The third-order valence-electron chi connectivity index (χ3n) is 1.98. The molecule has 0 spiro atoms. The number of halogens is 4. The van der Waals surface area contributed by atoms with E-state index in [1.54, 1.807) is 0 Å². The summed E-state index contributed by atoms with van der Waals surface area (Å²) in [5, 5.41) is 6.89. The maximum atomic E-state index is 12.8. The molecule has 0 aliphatic rings. The van der Waals surface area contributed by atoms with Crippen LogP contribution in [0, 0.1) is 17.1 Å². The lowest BCUT2D eigenvalue weighted by Gasteiger charge is -2.18. The second kappa shape index (κ2) is 5.39. The van der Waals surface area contributed by atoms with Gasteiger partial charge < -0.3 is 5.73 Å². The van der Waals surface area contributed by atoms with Crippen molar-refractivity contribution in [1.82, 2.24) is 0 Å². The molecule has 17 heavy (non-hydrogen) atoms. The van der Waals surface area contributed by atoms with Crippen molar-refractivity contribution in [1.29, 1.82) is 5.41 Å². The van der Waals surface area contributed by atoms with E-state index >= 15 is 0 Å². The van der Waals surface area contributed by atoms with Crippen molar-refractivity contribution >= 4 is 17.6 Å². The summed E-state index contributed by atoms with van der Waals surface area (Å²) in [4.78, 5) is 0.375. The van der Waals surface area contributed by atoms with E-state index in [0.29, 0.717) is 4.90 Å². The molecule has 0 radical (unpaired) electrons. The predicted octanol–water partition coefficient (Wildman–Crippen LogP) is 3.03. The molecule has 1 aromatic rings. The molecule has 0 fully saturated rings. The predicted molar refractivity (Wildman–Crippen MR) is 58.6 cm³/mol. The van der Waals surface area contributed by atoms with E-state index < -0.39 is 29.5 Å². The first-order valence-electron chi connectivity index (χ1n) is 4.59. The Bertz CT molecular complexity index is 406. The number of hydrogen-bond acceptors (Lipinski definition) is 2. The van der Waals surface area contributed by atoms with Crippen molar-refractivity contribution in [2.75, 3.05) is 5.75 Å². The van der Waals surface area contributed by atoms with Crippen molar-refractivity contribution in [2.24, 2.45) is 11.7 Å². The summed E-state index contributed by atoms with van der Waals surface area (Å²) in [6.07, 6.45) is -4.55. The van der Waals surface area contributed by atoms with Gasteiger partial charge in [0.05, 0.1) is 0 Å². The van der Waals surface area contributed by atoms with Crippen LogP contribution < -0.4 is 5.73 Å². The lowest BCUT2D eigenvalue weighted by atomic mass is 10.1. The van der Waals surface area contributed by atoms with Crippen LogP contribution in [0.2, 0.25) is 0 Å². The quantitative estimate of drug-likeness (QED) is 0.381. The zero-order valence-corrected chi connectivity index (χ0v) is 9.41. The van der Waals surface area contributed by atoms with E-state index in [4.69, 9.17) is 11.1 Å². The Labute approximate surface area is 99.7 Å². The van der Waals surface area contributed by atoms with Gasteiger partial charge in [-0.1, -0.05) is 6.07 Å². The zero-order chi connectivity index (χ0) is 13.1. The summed E-state index contributed by atoms with van der Waals surface area (Å²) >= 11 is 0.817. The minimum Gasteiger partial charge on any atom is -0.387 e. The summed E-state index contributed by atoms with van der Waals surface area (Å²) in [5.41, 5.74) is 4.89. The Morgan fingerprint density at radius 3 is 2.53 bits per heavy atom. The van der Waals surface area contributed by atoms with Crippen molar-refractivity contribution in [3.63, 3.8) is 0 Å². The molecule has 1 unspecified atom stereocenters. The molecule has 94 valence electrons. The van der Waals surface area contributed by atoms with Crippen LogP contribution in [-0.4, -0.2) is 17.8 Å². The minimum absolute atomic E-state index is 0.375. The van der Waals surface area contributed by atoms with Crippen LogP contribution in [-0.2, 0) is 0 Å². The maximum absolute atomic E-state index is 12.8. The van der Waals surface area contributed by atoms with Gasteiger partial charge in [0.15, 0.2) is 0 Å². The van der Waals surface area contributed by atoms with Gasteiger partial charge in [-0.15, -0.1) is 11.8 Å². The normalized spacial score (nSPS) is 13.4. The van der Waals surface area contributed by atoms with Crippen LogP contribution in [0.15, 0.2) is 29.2 Å². The van der Waals surface area contributed by atoms with Gasteiger partial charge in [-0.25, -0.2) is 4.39 Å². The molecule has 0 aromatic heterocycles. The van der Waals surface area contributed by atoms with Crippen LogP contribution in [0.3, 0.4) is 0 Å². The number of thioether (sulfide) groups is 1. The third kappa shape index (κ3) is 4.26. The molecule has 1 rings (SSSR count). The molecule has 1 aromatic carbocycles. The topological polar surface area (TPSA) is 49.9 Å². The van der Waals surface area contributed by atoms with Crippen molar-refractivity contribution in [3.05, 3.63) is 30.1 Å². The van der Waals surface area contributed by atoms with Gasteiger partial charge in [-0.2, -0.15) is 13.2 Å². The first kappa shape index (κ1) is 13.8. The molecular formula is C10H10F4N2S. The van der Waals surface area contributed by atoms with E-state index in [1.165, 1.54) is 18.2 Å². The molecule has 0 saturated heterocycles. The van der Waals surface area contributed by atoms with Gasteiger partial charge in [0.25, 0.3) is 0 Å². The van der Waals surface area contributed by atoms with E-state index in [2.05, 4.69) is 0 Å². The second-order valence-electron chi connectivity index (χ2n) is 3.32. The lowest BCUT2D eigenvalue weighted by Crippen LogP contribution is -2.36. The highest BCUT2D eigenvalue weighted by Crippen LogP contribution is 2.31. The van der Waals surface area contributed by atoms with Crippen LogP contribution in [0.1, 0.15) is 0 Å². The molecule has 7 heteroatoms. The summed E-state index contributed by atoms with van der Waals surface area (Å²) in [6, 6.07) is 5.25. The Kier molecular flexibility index (Phi) is 4.39. The second-order valence-corrected chi connectivity index (χ2v) is 4.41. The molecule has 0 saturated carbocycles. The summed E-state index contributed by atoms with van der Waals surface area (Å²) < 4.78 is 50.1. The SMILES string of the molecule is N=C(N)C(CSc1cccc(F)c1)C(F)(F)F. The molecule has 3 N–H and O–H groups in total. The lowest BCUT2D eigenvalue weighted by molar-refractivity contribution is -0.149. The molecule has 0 heterocycles. The fourth-order valence-electron chi connectivity index (χ4n) is 1.10. The molecule has 1 atom stereocenters. The number of nitrogens with one attached hydrogen (secondary N) is 1. The van der Waals surface area contributed by atoms with Gasteiger partial charge in [-0.3, -0.25) is 5.41 Å². The zero-order valence-electron chi connectivity index (χ0n) is 8.59. The minimum atomic E-state index is -4.55. The monoisotopic (exact) mass is 266 g/mol. The van der Waals surface area contributed by atoms with E-state index in [1.807, 2.05) is 0 Å². The van der Waals surface area contributed by atoms with Crippen LogP contribution in [0.4, 0.5) is 17.6 Å². The van der Waals surface area contributed by atoms with Gasteiger partial charge in [0, 0.05) is 10.6 Å². The highest BCUT2D eigenvalue weighted by atomic mass is 32.2. The highest BCUT2D eigenvalue weighted by molar-refractivity contribution is 7.99. The molecule has 0 amide bonds. The Morgan fingerprint density at radius 2 is 2.06 bits per heavy atom. The van der Waals surface area contributed by atoms with E-state index in [9.17, 15) is 17.6 Å². The molecular weight excluding hydrogens is 256 g/mol. The van der Waals surface area contributed by atoms with Crippen LogP contribution in [0.5, 0.6) is 0 Å². The van der Waals surface area contributed by atoms with Crippen molar-refractivity contribution in [3.8, 4) is 0 Å². The van der Waals surface area contributed by atoms with Crippen LogP contribution >= 0.6 is 11.8 Å². The Balaban J connectivity index is 2.68. The average molecular weight is 266 g/mol. The third-order valence-corrected chi connectivity index (χ3v) is 3.07. The number of rotatable bonds is 4. The van der Waals surface area contributed by atoms with E-state index in [0.717, 1.165) is 17.8 Å². The first-order valence-corrected chi connectivity index (χ1v) is 5.58. The van der Waals surface area contributed by atoms with Gasteiger partial charge in [0.1, 0.15) is 17.6 Å². The van der Waals surface area contributed by atoms with Crippen LogP contribution in [0.25, 0.3) is 0 Å². The fourth-order valence-corrected chi connectivity index (χ4v) is 2.20. The Morgan fingerprint density at radius 1 is 1.41 bits per heavy atom. The molecule has 0 aliphatic carbocycles. The smallest absolute Gasteiger partial charge is 0.387 e. The first-order chi connectivity index (χ1) is 7.80. The number of alkyl halides is 3. The standard InChI is InChI=1S/C10H10F4N2S/c11-6-2-1-3-7(4-6)17-5-8(9(15)16)10(12,13)14/h1-4,8H,5H2,(H3,15,16). The number of nitrogens with two attached hydrogens (primary N) is 1. The average Bonchev–Trinajstić information content (AvgIpc) is 2.15. The highest BCUT2D eigenvalue weighted by Gasteiger charge is 2.41. The fraction of sp³-hybridized carbons (Fsp3) is 0.300. The Hall–Kier alpha value is -1.24. The summed E-state index contributed by atoms with van der Waals surface area (Å²) in [7, 11) is 0. The molecule has 2 nitrogen and oxygen atoms in total. The van der Waals surface area contributed by atoms with Gasteiger partial charge in [0.2, 0.25) is 0 Å². The summed E-state index contributed by atoms with van der Waals surface area (Å²) in [6.45, 7) is 0. The number of hydrogen-bond donors (Lipinski definition) is 2. The van der Waals surface area contributed by atoms with Gasteiger partial charge in [-0.05, 0) is 18.2 Å². The largest absolute Gasteiger partial charge is 0.399 e. The maximum Gasteiger partial charge on any atom is 0.399 e. The van der Waals surface area contributed by atoms with Crippen molar-refractivity contribution < 1.29 is 17.6 Å². The molecule has 0 bridgehead atoms.